The summed E-state index contributed by atoms with van der Waals surface area (Å²) in [4.78, 5) is 19.3. The zero-order valence-corrected chi connectivity index (χ0v) is 14.9. The fraction of sp³-hybridized carbons (Fsp3) is 0.444. The van der Waals surface area contributed by atoms with Crippen molar-refractivity contribution in [3.8, 4) is 11.5 Å². The predicted molar refractivity (Wildman–Crippen MR) is 93.9 cm³/mol. The Bertz CT molecular complexity index is 757. The van der Waals surface area contributed by atoms with Crippen molar-refractivity contribution in [1.29, 1.82) is 0 Å². The van der Waals surface area contributed by atoms with Crippen LogP contribution in [-0.2, 0) is 19.6 Å². The molecule has 7 heteroatoms. The minimum Gasteiger partial charge on any atom is -0.493 e. The number of imidazole rings is 1. The maximum atomic E-state index is 12.5. The van der Waals surface area contributed by atoms with Crippen molar-refractivity contribution in [1.82, 2.24) is 19.8 Å². The molecule has 0 bridgehead atoms. The maximum absolute atomic E-state index is 12.5. The van der Waals surface area contributed by atoms with Gasteiger partial charge in [-0.3, -0.25) is 9.69 Å². The summed E-state index contributed by atoms with van der Waals surface area (Å²) < 4.78 is 12.7. The van der Waals surface area contributed by atoms with Gasteiger partial charge in [0.2, 0.25) is 0 Å². The standard InChI is InChI=1S/C18H24N4O3/c1-4-21-8-9-22-11-14(20-16(22)12-21)18(23)19-10-13-6-5-7-15(24-2)17(13)25-3/h5-7,11H,4,8-10,12H2,1-3H3,(H,19,23). The number of likely N-dealkylation sites (N-methyl/N-ethyl adjacent to an activating group) is 1. The second-order valence-electron chi connectivity index (χ2n) is 5.94. The summed E-state index contributed by atoms with van der Waals surface area (Å²) in [7, 11) is 3.18. The molecule has 1 amide bonds. The van der Waals surface area contributed by atoms with Crippen molar-refractivity contribution < 1.29 is 14.3 Å². The summed E-state index contributed by atoms with van der Waals surface area (Å²) >= 11 is 0. The Kier molecular flexibility index (Phi) is 5.23. The van der Waals surface area contributed by atoms with E-state index in [1.165, 1.54) is 0 Å². The van der Waals surface area contributed by atoms with Crippen LogP contribution in [0.1, 0.15) is 28.8 Å². The third kappa shape index (κ3) is 3.61. The second-order valence-corrected chi connectivity index (χ2v) is 5.94. The molecule has 0 atom stereocenters. The quantitative estimate of drug-likeness (QED) is 0.863. The summed E-state index contributed by atoms with van der Waals surface area (Å²) in [5.74, 6) is 2.03. The first-order valence-corrected chi connectivity index (χ1v) is 8.42. The fourth-order valence-corrected chi connectivity index (χ4v) is 3.04. The van der Waals surface area contributed by atoms with Crippen LogP contribution in [0.2, 0.25) is 0 Å². The van der Waals surface area contributed by atoms with E-state index in [0.29, 0.717) is 23.7 Å². The lowest BCUT2D eigenvalue weighted by atomic mass is 10.2. The number of methoxy groups -OCH3 is 2. The van der Waals surface area contributed by atoms with Gasteiger partial charge in [-0.1, -0.05) is 19.1 Å². The van der Waals surface area contributed by atoms with Crippen molar-refractivity contribution in [2.75, 3.05) is 27.3 Å². The van der Waals surface area contributed by atoms with Gasteiger partial charge in [-0.25, -0.2) is 4.98 Å². The van der Waals surface area contributed by atoms with Gasteiger partial charge in [0.25, 0.3) is 5.91 Å². The number of benzene rings is 1. The highest BCUT2D eigenvalue weighted by molar-refractivity contribution is 5.92. The van der Waals surface area contributed by atoms with Gasteiger partial charge in [-0.15, -0.1) is 0 Å². The molecule has 2 heterocycles. The summed E-state index contributed by atoms with van der Waals surface area (Å²) in [6.07, 6.45) is 1.83. The monoisotopic (exact) mass is 344 g/mol. The smallest absolute Gasteiger partial charge is 0.271 e. The van der Waals surface area contributed by atoms with E-state index in [1.807, 2.05) is 24.4 Å². The van der Waals surface area contributed by atoms with E-state index >= 15 is 0 Å². The number of nitrogens with one attached hydrogen (secondary N) is 1. The molecular weight excluding hydrogens is 320 g/mol. The lowest BCUT2D eigenvalue weighted by Crippen LogP contribution is -2.33. The molecule has 1 aliphatic heterocycles. The first kappa shape index (κ1) is 17.3. The van der Waals surface area contributed by atoms with Crippen LogP contribution in [0, 0.1) is 0 Å². The van der Waals surface area contributed by atoms with E-state index in [9.17, 15) is 4.79 Å². The third-order valence-electron chi connectivity index (χ3n) is 4.49. The average molecular weight is 344 g/mol. The van der Waals surface area contributed by atoms with E-state index < -0.39 is 0 Å². The van der Waals surface area contributed by atoms with Gasteiger partial charge in [-0.2, -0.15) is 0 Å². The Morgan fingerprint density at radius 2 is 2.12 bits per heavy atom. The Hall–Kier alpha value is -2.54. The molecule has 25 heavy (non-hydrogen) atoms. The Morgan fingerprint density at radius 1 is 1.28 bits per heavy atom. The maximum Gasteiger partial charge on any atom is 0.271 e. The van der Waals surface area contributed by atoms with Crippen LogP contribution < -0.4 is 14.8 Å². The fourth-order valence-electron chi connectivity index (χ4n) is 3.04. The normalized spacial score (nSPS) is 14.0. The third-order valence-corrected chi connectivity index (χ3v) is 4.49. The predicted octanol–water partition coefficient (Wildman–Crippen LogP) is 1.67. The summed E-state index contributed by atoms with van der Waals surface area (Å²) in [6.45, 7) is 6.11. The molecule has 7 nitrogen and oxygen atoms in total. The second kappa shape index (κ2) is 7.57. The lowest BCUT2D eigenvalue weighted by molar-refractivity contribution is 0.0946. The van der Waals surface area contributed by atoms with E-state index in [1.54, 1.807) is 14.2 Å². The Morgan fingerprint density at radius 3 is 2.84 bits per heavy atom. The van der Waals surface area contributed by atoms with Gasteiger partial charge in [0, 0.05) is 31.4 Å². The number of nitrogens with zero attached hydrogens (tertiary/aromatic N) is 3. The molecule has 3 rings (SSSR count). The van der Waals surface area contributed by atoms with E-state index in [4.69, 9.17) is 9.47 Å². The molecule has 0 aliphatic carbocycles. The molecule has 2 aromatic rings. The van der Waals surface area contributed by atoms with Crippen molar-refractivity contribution >= 4 is 5.91 Å². The van der Waals surface area contributed by atoms with Crippen LogP contribution >= 0.6 is 0 Å². The van der Waals surface area contributed by atoms with Crippen molar-refractivity contribution in [3.05, 3.63) is 41.5 Å². The van der Waals surface area contributed by atoms with Crippen LogP contribution in [0.4, 0.5) is 0 Å². The highest BCUT2D eigenvalue weighted by Crippen LogP contribution is 2.30. The van der Waals surface area contributed by atoms with Gasteiger partial charge in [0.15, 0.2) is 11.5 Å². The average Bonchev–Trinajstić information content (AvgIpc) is 3.08. The summed E-state index contributed by atoms with van der Waals surface area (Å²) in [6, 6.07) is 5.60. The van der Waals surface area contributed by atoms with Gasteiger partial charge < -0.3 is 19.4 Å². The van der Waals surface area contributed by atoms with E-state index in [0.717, 1.165) is 37.6 Å². The van der Waals surface area contributed by atoms with Crippen LogP contribution in [0.5, 0.6) is 11.5 Å². The summed E-state index contributed by atoms with van der Waals surface area (Å²) in [5.41, 5.74) is 1.31. The van der Waals surface area contributed by atoms with Crippen molar-refractivity contribution in [3.63, 3.8) is 0 Å². The number of rotatable bonds is 6. The molecule has 0 saturated heterocycles. The minimum absolute atomic E-state index is 0.185. The molecular formula is C18H24N4O3. The summed E-state index contributed by atoms with van der Waals surface area (Å²) in [5, 5.41) is 2.91. The number of hydrogen-bond donors (Lipinski definition) is 1. The molecule has 0 radical (unpaired) electrons. The highest BCUT2D eigenvalue weighted by atomic mass is 16.5. The van der Waals surface area contributed by atoms with Crippen molar-refractivity contribution in [2.45, 2.75) is 26.6 Å². The number of para-hydroxylation sites is 1. The number of amides is 1. The number of ether oxygens (including phenoxy) is 2. The first-order valence-electron chi connectivity index (χ1n) is 8.42. The molecule has 0 unspecified atom stereocenters. The Labute approximate surface area is 147 Å². The molecule has 1 aromatic carbocycles. The van der Waals surface area contributed by atoms with Crippen LogP contribution in [0.25, 0.3) is 0 Å². The SMILES string of the molecule is CCN1CCn2cc(C(=O)NCc3cccc(OC)c3OC)nc2C1. The Balaban J connectivity index is 1.69. The van der Waals surface area contributed by atoms with Gasteiger partial charge in [0.05, 0.1) is 20.8 Å². The molecule has 134 valence electrons. The number of carbonyl (C=O) groups is 1. The van der Waals surface area contributed by atoms with Crippen LogP contribution in [-0.4, -0.2) is 47.7 Å². The molecule has 1 N–H and O–H groups in total. The van der Waals surface area contributed by atoms with Gasteiger partial charge >= 0.3 is 0 Å². The van der Waals surface area contributed by atoms with Crippen LogP contribution in [0.15, 0.2) is 24.4 Å². The van der Waals surface area contributed by atoms with Gasteiger partial charge in [-0.05, 0) is 12.6 Å². The number of aromatic nitrogens is 2. The minimum atomic E-state index is -0.185. The lowest BCUT2D eigenvalue weighted by Gasteiger charge is -2.25. The largest absolute Gasteiger partial charge is 0.493 e. The number of hydrogen-bond acceptors (Lipinski definition) is 5. The molecule has 0 spiro atoms. The van der Waals surface area contributed by atoms with E-state index in [2.05, 4.69) is 26.7 Å². The van der Waals surface area contributed by atoms with E-state index in [-0.39, 0.29) is 5.91 Å². The van der Waals surface area contributed by atoms with Crippen molar-refractivity contribution in [2.24, 2.45) is 0 Å². The topological polar surface area (TPSA) is 68.6 Å². The zero-order valence-electron chi connectivity index (χ0n) is 14.9. The molecule has 1 aliphatic rings. The highest BCUT2D eigenvalue weighted by Gasteiger charge is 2.20. The number of carbonyl (C=O) groups excluding carboxylic acids is 1. The molecule has 1 aromatic heterocycles. The molecule has 0 saturated carbocycles. The van der Waals surface area contributed by atoms with Crippen LogP contribution in [0.3, 0.4) is 0 Å². The number of fused-ring (bicyclic) bond motifs is 1. The zero-order chi connectivity index (χ0) is 17.8. The first-order chi connectivity index (χ1) is 12.2. The molecule has 0 fully saturated rings. The van der Waals surface area contributed by atoms with Gasteiger partial charge in [0.1, 0.15) is 11.5 Å².